The van der Waals surface area contributed by atoms with Crippen LogP contribution in [0.25, 0.3) is 10.8 Å². The summed E-state index contributed by atoms with van der Waals surface area (Å²) in [4.78, 5) is 20.9. The second-order valence-corrected chi connectivity index (χ2v) is 7.95. The van der Waals surface area contributed by atoms with Gasteiger partial charge in [0.05, 0.1) is 17.1 Å². The lowest BCUT2D eigenvalue weighted by Gasteiger charge is -2.06. The topological polar surface area (TPSA) is 114 Å². The number of carbonyl (C=O) groups excluding carboxylic acids is 1. The molecule has 8 nitrogen and oxygen atoms in total. The van der Waals surface area contributed by atoms with Gasteiger partial charge in [-0.2, -0.15) is 0 Å². The number of amides is 1. The first-order chi connectivity index (χ1) is 12.5. The lowest BCUT2D eigenvalue weighted by molar-refractivity contribution is -0.121. The van der Waals surface area contributed by atoms with Crippen LogP contribution in [-0.4, -0.2) is 30.8 Å². The Bertz CT molecular complexity index is 953. The maximum atomic E-state index is 12.0. The van der Waals surface area contributed by atoms with E-state index in [0.717, 1.165) is 4.88 Å². The van der Waals surface area contributed by atoms with Crippen molar-refractivity contribution in [3.05, 3.63) is 54.0 Å². The van der Waals surface area contributed by atoms with E-state index in [1.54, 1.807) is 0 Å². The van der Waals surface area contributed by atoms with Crippen LogP contribution in [0.5, 0.6) is 0 Å². The van der Waals surface area contributed by atoms with Crippen molar-refractivity contribution in [3.63, 3.8) is 0 Å². The van der Waals surface area contributed by atoms with E-state index in [0.29, 0.717) is 11.6 Å². The summed E-state index contributed by atoms with van der Waals surface area (Å²) in [6, 6.07) is 6.76. The number of rotatable bonds is 8. The third-order valence-corrected chi connectivity index (χ3v) is 5.64. The molecule has 0 bridgehead atoms. The molecule has 3 aromatic rings. The number of thiophene rings is 1. The number of hydrogen-bond donors (Lipinski definition) is 2. The van der Waals surface area contributed by atoms with Gasteiger partial charge in [0.1, 0.15) is 11.2 Å². The minimum absolute atomic E-state index is 0.00905. The summed E-state index contributed by atoms with van der Waals surface area (Å²) in [6.45, 7) is 0.200. The molecule has 0 unspecified atom stereocenters. The lowest BCUT2D eigenvalue weighted by Crippen LogP contribution is -2.30. The summed E-state index contributed by atoms with van der Waals surface area (Å²) in [5.74, 6) is 0.216. The summed E-state index contributed by atoms with van der Waals surface area (Å²) >= 11 is 1.51. The lowest BCUT2D eigenvalue weighted by atomic mass is 10.4. The first-order valence-corrected chi connectivity index (χ1v) is 10.1. The van der Waals surface area contributed by atoms with E-state index < -0.39 is 10.0 Å². The van der Waals surface area contributed by atoms with Gasteiger partial charge < -0.3 is 9.73 Å². The van der Waals surface area contributed by atoms with Crippen molar-refractivity contribution in [1.82, 2.24) is 20.0 Å². The van der Waals surface area contributed by atoms with Gasteiger partial charge in [0, 0.05) is 25.4 Å². The van der Waals surface area contributed by atoms with Crippen molar-refractivity contribution in [1.29, 1.82) is 0 Å². The summed E-state index contributed by atoms with van der Waals surface area (Å²) in [7, 11) is -3.66. The number of nitrogens with zero attached hydrogens (tertiary/aromatic N) is 2. The van der Waals surface area contributed by atoms with E-state index >= 15 is 0 Å². The van der Waals surface area contributed by atoms with E-state index in [-0.39, 0.29) is 30.3 Å². The van der Waals surface area contributed by atoms with Crippen molar-refractivity contribution in [2.75, 3.05) is 6.54 Å². The predicted molar refractivity (Wildman–Crippen MR) is 95.7 cm³/mol. The van der Waals surface area contributed by atoms with Gasteiger partial charge in [-0.1, -0.05) is 6.07 Å². The Kier molecular flexibility index (Phi) is 5.76. The zero-order chi connectivity index (χ0) is 18.4. The van der Waals surface area contributed by atoms with Gasteiger partial charge in [0.25, 0.3) is 0 Å². The second-order valence-electron chi connectivity index (χ2n) is 5.23. The maximum absolute atomic E-state index is 12.0. The second kappa shape index (κ2) is 8.21. The summed E-state index contributed by atoms with van der Waals surface area (Å²) in [5, 5.41) is 4.60. The fourth-order valence-electron chi connectivity index (χ4n) is 2.07. The summed E-state index contributed by atoms with van der Waals surface area (Å²) in [6.07, 6.45) is 4.23. The molecule has 3 rings (SSSR count). The number of pyridine rings is 1. The molecular formula is C16H16N4O4S2. The Balaban J connectivity index is 1.43. The van der Waals surface area contributed by atoms with Crippen molar-refractivity contribution in [3.8, 4) is 10.8 Å². The first kappa shape index (κ1) is 18.2. The average molecular weight is 392 g/mol. The highest BCUT2D eigenvalue weighted by molar-refractivity contribution is 7.89. The molecule has 2 N–H and O–H groups in total. The van der Waals surface area contributed by atoms with Gasteiger partial charge in [0.15, 0.2) is 0 Å². The average Bonchev–Trinajstić information content (AvgIpc) is 3.32. The fraction of sp³-hybridized carbons (Fsp3) is 0.188. The van der Waals surface area contributed by atoms with Gasteiger partial charge in [0.2, 0.25) is 21.8 Å². The van der Waals surface area contributed by atoms with Crippen LogP contribution in [0.2, 0.25) is 0 Å². The zero-order valence-corrected chi connectivity index (χ0v) is 15.2. The fourth-order valence-corrected chi connectivity index (χ4v) is 3.72. The van der Waals surface area contributed by atoms with Crippen LogP contribution in [0.15, 0.2) is 57.6 Å². The molecule has 0 saturated heterocycles. The maximum Gasteiger partial charge on any atom is 0.242 e. The van der Waals surface area contributed by atoms with Gasteiger partial charge in [-0.3, -0.25) is 9.78 Å². The number of hydrogen-bond acceptors (Lipinski definition) is 7. The molecule has 26 heavy (non-hydrogen) atoms. The molecule has 0 saturated carbocycles. The van der Waals surface area contributed by atoms with Gasteiger partial charge in [-0.25, -0.2) is 18.1 Å². The number of nitrogens with one attached hydrogen (secondary N) is 2. The van der Waals surface area contributed by atoms with E-state index in [1.807, 2.05) is 17.5 Å². The molecule has 0 aliphatic carbocycles. The molecule has 0 radical (unpaired) electrons. The third kappa shape index (κ3) is 4.75. The highest BCUT2D eigenvalue weighted by Crippen LogP contribution is 2.23. The van der Waals surface area contributed by atoms with E-state index in [2.05, 4.69) is 20.0 Å². The SMILES string of the molecule is O=C(CCNS(=O)(=O)c1cccnc1)NCc1coc(-c2cccs2)n1. The van der Waals surface area contributed by atoms with Gasteiger partial charge in [-0.05, 0) is 23.6 Å². The van der Waals surface area contributed by atoms with Crippen LogP contribution in [-0.2, 0) is 21.4 Å². The molecule has 0 aliphatic rings. The van der Waals surface area contributed by atoms with Gasteiger partial charge >= 0.3 is 0 Å². The molecule has 136 valence electrons. The van der Waals surface area contributed by atoms with Crippen LogP contribution in [0.1, 0.15) is 12.1 Å². The normalized spacial score (nSPS) is 11.4. The monoisotopic (exact) mass is 392 g/mol. The number of oxazole rings is 1. The Morgan fingerprint density at radius 1 is 1.27 bits per heavy atom. The largest absolute Gasteiger partial charge is 0.443 e. The van der Waals surface area contributed by atoms with E-state index in [1.165, 1.54) is 42.1 Å². The van der Waals surface area contributed by atoms with Crippen LogP contribution in [0.4, 0.5) is 0 Å². The van der Waals surface area contributed by atoms with Gasteiger partial charge in [-0.15, -0.1) is 11.3 Å². The molecule has 3 heterocycles. The Morgan fingerprint density at radius 2 is 2.15 bits per heavy atom. The van der Waals surface area contributed by atoms with Crippen molar-refractivity contribution in [2.45, 2.75) is 17.9 Å². The molecule has 1 amide bonds. The zero-order valence-electron chi connectivity index (χ0n) is 13.6. The van der Waals surface area contributed by atoms with Crippen molar-refractivity contribution >= 4 is 27.3 Å². The van der Waals surface area contributed by atoms with Crippen molar-refractivity contribution in [2.24, 2.45) is 0 Å². The van der Waals surface area contributed by atoms with Crippen LogP contribution < -0.4 is 10.0 Å². The summed E-state index contributed by atoms with van der Waals surface area (Å²) in [5.41, 5.74) is 0.595. The van der Waals surface area contributed by atoms with Crippen LogP contribution in [0, 0.1) is 0 Å². The van der Waals surface area contributed by atoms with E-state index in [4.69, 9.17) is 4.42 Å². The molecule has 0 atom stereocenters. The Morgan fingerprint density at radius 3 is 2.88 bits per heavy atom. The van der Waals surface area contributed by atoms with Crippen LogP contribution in [0.3, 0.4) is 0 Å². The Hall–Kier alpha value is -2.56. The minimum atomic E-state index is -3.66. The number of aromatic nitrogens is 2. The molecule has 0 aromatic carbocycles. The molecule has 10 heteroatoms. The minimum Gasteiger partial charge on any atom is -0.443 e. The third-order valence-electron chi connectivity index (χ3n) is 3.34. The number of carbonyl (C=O) groups is 1. The highest BCUT2D eigenvalue weighted by Gasteiger charge is 2.14. The van der Waals surface area contributed by atoms with E-state index in [9.17, 15) is 13.2 Å². The highest BCUT2D eigenvalue weighted by atomic mass is 32.2. The number of sulfonamides is 1. The molecule has 0 fully saturated rings. The smallest absolute Gasteiger partial charge is 0.242 e. The van der Waals surface area contributed by atoms with Crippen molar-refractivity contribution < 1.29 is 17.6 Å². The standard InChI is InChI=1S/C16H16N4O4S2/c21-15(5-7-19-26(22,23)13-3-1-6-17-10-13)18-9-12-11-24-16(20-12)14-4-2-8-25-14/h1-4,6,8,10-11,19H,5,7,9H2,(H,18,21). The Labute approximate surface area is 154 Å². The molecule has 0 aliphatic heterocycles. The first-order valence-electron chi connectivity index (χ1n) is 7.69. The molecule has 3 aromatic heterocycles. The quantitative estimate of drug-likeness (QED) is 0.604. The molecular weight excluding hydrogens is 376 g/mol. The predicted octanol–water partition coefficient (Wildman–Crippen LogP) is 1.78. The van der Waals surface area contributed by atoms with Crippen LogP contribution >= 0.6 is 11.3 Å². The summed E-state index contributed by atoms with van der Waals surface area (Å²) < 4.78 is 31.7. The molecule has 0 spiro atoms.